The number of amides is 3. The molecule has 3 rings (SSSR count). The van der Waals surface area contributed by atoms with Crippen LogP contribution in [0.2, 0.25) is 0 Å². The van der Waals surface area contributed by atoms with Gasteiger partial charge in [-0.15, -0.1) is 11.3 Å². The van der Waals surface area contributed by atoms with Gasteiger partial charge in [0.15, 0.2) is 17.3 Å². The molecule has 1 atom stereocenters. The summed E-state index contributed by atoms with van der Waals surface area (Å²) in [5, 5.41) is 7.18. The molecule has 0 aliphatic carbocycles. The van der Waals surface area contributed by atoms with Crippen molar-refractivity contribution >= 4 is 47.0 Å². The summed E-state index contributed by atoms with van der Waals surface area (Å²) >= 11 is 1.10. The molecule has 2 N–H and O–H groups in total. The van der Waals surface area contributed by atoms with Crippen LogP contribution in [-0.2, 0) is 20.6 Å². The van der Waals surface area contributed by atoms with E-state index in [1.165, 1.54) is 43.2 Å². The molecule has 3 aromatic heterocycles. The number of imide groups is 1. The van der Waals surface area contributed by atoms with Gasteiger partial charge in [-0.2, -0.15) is 13.2 Å². The second kappa shape index (κ2) is 11.5. The highest BCUT2D eigenvalue weighted by Crippen LogP contribution is 2.33. The topological polar surface area (TPSA) is 139 Å². The first-order valence-electron chi connectivity index (χ1n) is 11.2. The van der Waals surface area contributed by atoms with Gasteiger partial charge in [-0.25, -0.2) is 9.97 Å². The summed E-state index contributed by atoms with van der Waals surface area (Å²) in [4.78, 5) is 61.9. The van der Waals surface area contributed by atoms with Gasteiger partial charge in [0.05, 0.1) is 12.9 Å². The molecule has 0 unspecified atom stereocenters. The van der Waals surface area contributed by atoms with Crippen molar-refractivity contribution in [1.29, 1.82) is 0 Å². The molecule has 3 amide bonds. The maximum atomic E-state index is 13.1. The number of aryl methyl sites for hydroxylation is 1. The molecule has 0 radical (unpaired) electrons. The van der Waals surface area contributed by atoms with E-state index in [9.17, 15) is 32.3 Å². The molecule has 3 aromatic rings. The van der Waals surface area contributed by atoms with Crippen LogP contribution in [0, 0.1) is 6.92 Å². The number of hydrogen-bond donors (Lipinski definition) is 2. The predicted molar refractivity (Wildman–Crippen MR) is 133 cm³/mol. The number of pyridine rings is 1. The van der Waals surface area contributed by atoms with Gasteiger partial charge in [-0.1, -0.05) is 6.92 Å². The van der Waals surface area contributed by atoms with Crippen LogP contribution in [-0.4, -0.2) is 62.0 Å². The Kier molecular flexibility index (Phi) is 8.60. The number of ketones is 1. The summed E-state index contributed by atoms with van der Waals surface area (Å²) in [6, 6.07) is 0.312. The third-order valence-electron chi connectivity index (χ3n) is 5.51. The van der Waals surface area contributed by atoms with Gasteiger partial charge in [0, 0.05) is 30.6 Å². The van der Waals surface area contributed by atoms with Crippen molar-refractivity contribution < 1.29 is 32.3 Å². The van der Waals surface area contributed by atoms with E-state index in [0.29, 0.717) is 15.5 Å². The summed E-state index contributed by atoms with van der Waals surface area (Å²) < 4.78 is 40.2. The van der Waals surface area contributed by atoms with Crippen LogP contribution in [0.15, 0.2) is 24.0 Å². The molecule has 0 saturated carbocycles. The number of carbonyl (C=O) groups is 4. The number of hydrogen-bond acceptors (Lipinski definition) is 9. The molecule has 15 heteroatoms. The lowest BCUT2D eigenvalue weighted by Crippen LogP contribution is -2.37. The number of alkyl halides is 3. The average Bonchev–Trinajstić information content (AvgIpc) is 3.52. The lowest BCUT2D eigenvalue weighted by atomic mass is 10.1. The molecule has 0 bridgehead atoms. The minimum absolute atomic E-state index is 0.0629. The summed E-state index contributed by atoms with van der Waals surface area (Å²) in [6.07, 6.45) is -1.89. The van der Waals surface area contributed by atoms with Gasteiger partial charge in [0.25, 0.3) is 5.91 Å². The zero-order chi connectivity index (χ0) is 28.2. The number of nitrogens with zero attached hydrogens (tertiary/aromatic N) is 5. The maximum Gasteiger partial charge on any atom is 0.433 e. The van der Waals surface area contributed by atoms with E-state index in [1.807, 2.05) is 0 Å². The molecule has 0 aliphatic rings. The van der Waals surface area contributed by atoms with E-state index >= 15 is 0 Å². The minimum atomic E-state index is -4.57. The Hall–Kier alpha value is -4.14. The van der Waals surface area contributed by atoms with Crippen molar-refractivity contribution in [1.82, 2.24) is 24.4 Å². The molecule has 0 spiro atoms. The standard InChI is InChI=1S/C23H24F3N7O4S/c1-5-15(35)8-32(11-34)22(37)17-19(27-4)29-10-33(17)13(3)20(36)30-16-9-38-21(31-16)14-6-12(2)18(28-7-14)23(24,25)26/h6-7,9-11,13,27H,5,8H2,1-4H3,(H,30,36)/t13-/m0/s1. The fourth-order valence-corrected chi connectivity index (χ4v) is 4.19. The zero-order valence-corrected chi connectivity index (χ0v) is 21.6. The van der Waals surface area contributed by atoms with Crippen molar-refractivity contribution in [3.63, 3.8) is 0 Å². The minimum Gasteiger partial charge on any atom is -0.371 e. The van der Waals surface area contributed by atoms with Crippen LogP contribution in [0.25, 0.3) is 10.6 Å². The lowest BCUT2D eigenvalue weighted by molar-refractivity contribution is -0.141. The zero-order valence-electron chi connectivity index (χ0n) is 20.8. The Morgan fingerprint density at radius 2 is 1.97 bits per heavy atom. The second-order valence-corrected chi connectivity index (χ2v) is 8.98. The highest BCUT2D eigenvalue weighted by Gasteiger charge is 2.34. The summed E-state index contributed by atoms with van der Waals surface area (Å²) in [6.45, 7) is 3.97. The van der Waals surface area contributed by atoms with Gasteiger partial charge >= 0.3 is 6.18 Å². The smallest absolute Gasteiger partial charge is 0.371 e. The Balaban J connectivity index is 1.81. The van der Waals surface area contributed by atoms with E-state index in [-0.39, 0.29) is 41.5 Å². The monoisotopic (exact) mass is 551 g/mol. The van der Waals surface area contributed by atoms with E-state index in [0.717, 1.165) is 17.5 Å². The first-order valence-corrected chi connectivity index (χ1v) is 12.1. The Labute approximate surface area is 219 Å². The first kappa shape index (κ1) is 28.4. The molecular formula is C23H24F3N7O4S. The van der Waals surface area contributed by atoms with Crippen molar-refractivity contribution in [2.24, 2.45) is 0 Å². The van der Waals surface area contributed by atoms with E-state index in [1.54, 1.807) is 6.92 Å². The van der Waals surface area contributed by atoms with Crippen molar-refractivity contribution in [3.05, 3.63) is 40.9 Å². The van der Waals surface area contributed by atoms with Gasteiger partial charge in [0.2, 0.25) is 12.3 Å². The number of halogens is 3. The third kappa shape index (κ3) is 6.04. The van der Waals surface area contributed by atoms with Gasteiger partial charge in [0.1, 0.15) is 22.6 Å². The van der Waals surface area contributed by atoms with Crippen LogP contribution in [0.4, 0.5) is 24.8 Å². The van der Waals surface area contributed by atoms with Crippen molar-refractivity contribution in [2.45, 2.75) is 39.4 Å². The average molecular weight is 552 g/mol. The highest BCUT2D eigenvalue weighted by atomic mass is 32.1. The van der Waals surface area contributed by atoms with Crippen molar-refractivity contribution in [3.8, 4) is 10.6 Å². The summed E-state index contributed by atoms with van der Waals surface area (Å²) in [5.41, 5.74) is -0.798. The number of rotatable bonds is 10. The van der Waals surface area contributed by atoms with Crippen LogP contribution in [0.1, 0.15) is 48.1 Å². The molecule has 3 heterocycles. The molecule has 202 valence electrons. The van der Waals surface area contributed by atoms with Crippen LogP contribution in [0.5, 0.6) is 0 Å². The lowest BCUT2D eigenvalue weighted by Gasteiger charge is -2.19. The van der Waals surface area contributed by atoms with Gasteiger partial charge in [-0.3, -0.25) is 29.1 Å². The number of carbonyl (C=O) groups excluding carboxylic acids is 4. The number of anilines is 2. The van der Waals surface area contributed by atoms with E-state index in [2.05, 4.69) is 25.6 Å². The normalized spacial score (nSPS) is 12.1. The molecule has 11 nitrogen and oxygen atoms in total. The molecule has 0 fully saturated rings. The molecule has 0 aromatic carbocycles. The molecule has 0 aliphatic heterocycles. The van der Waals surface area contributed by atoms with Gasteiger partial charge < -0.3 is 15.2 Å². The molecule has 38 heavy (non-hydrogen) atoms. The fraction of sp³-hybridized carbons (Fsp3) is 0.348. The summed E-state index contributed by atoms with van der Waals surface area (Å²) in [7, 11) is 1.51. The van der Waals surface area contributed by atoms with Gasteiger partial charge in [-0.05, 0) is 25.5 Å². The predicted octanol–water partition coefficient (Wildman–Crippen LogP) is 3.55. The number of imidazole rings is 1. The third-order valence-corrected chi connectivity index (χ3v) is 6.40. The van der Waals surface area contributed by atoms with E-state index < -0.39 is 36.3 Å². The largest absolute Gasteiger partial charge is 0.433 e. The number of thiazole rings is 1. The Morgan fingerprint density at radius 1 is 1.26 bits per heavy atom. The maximum absolute atomic E-state index is 13.1. The molecular weight excluding hydrogens is 527 g/mol. The summed E-state index contributed by atoms with van der Waals surface area (Å²) in [5.74, 6) is -1.48. The number of Topliss-reactive ketones (excluding diaryl/α,β-unsaturated/α-hetero) is 1. The number of nitrogens with one attached hydrogen (secondary N) is 2. The van der Waals surface area contributed by atoms with Crippen LogP contribution in [0.3, 0.4) is 0 Å². The Morgan fingerprint density at radius 3 is 2.55 bits per heavy atom. The van der Waals surface area contributed by atoms with Crippen molar-refractivity contribution in [2.75, 3.05) is 24.2 Å². The first-order chi connectivity index (χ1) is 17.9. The highest BCUT2D eigenvalue weighted by molar-refractivity contribution is 7.13. The van der Waals surface area contributed by atoms with E-state index in [4.69, 9.17) is 0 Å². The number of aromatic nitrogens is 4. The SMILES string of the molecule is CCC(=O)CN(C=O)C(=O)c1c(NC)ncn1[C@@H](C)C(=O)Nc1csc(-c2cnc(C(F)(F)F)c(C)c2)n1. The van der Waals surface area contributed by atoms with Crippen LogP contribution >= 0.6 is 11.3 Å². The fourth-order valence-electron chi connectivity index (χ4n) is 3.45. The molecule has 0 saturated heterocycles. The quantitative estimate of drug-likeness (QED) is 0.365. The Bertz CT molecular complexity index is 1370. The van der Waals surface area contributed by atoms with Crippen LogP contribution < -0.4 is 10.6 Å². The second-order valence-electron chi connectivity index (χ2n) is 8.12.